The molecule has 0 amide bonds. The summed E-state index contributed by atoms with van der Waals surface area (Å²) in [5, 5.41) is 0. The minimum Gasteiger partial charge on any atom is -1.00 e. The largest absolute Gasteiger partial charge is 1.00 e. The molecule has 214 valence electrons. The fourth-order valence-electron chi connectivity index (χ4n) is 2.77. The van der Waals surface area contributed by atoms with E-state index in [4.69, 9.17) is 0 Å². The van der Waals surface area contributed by atoms with Gasteiger partial charge in [0.25, 0.3) is 0 Å². The molecule has 4 aliphatic rings. The molecule has 0 fully saturated rings. The van der Waals surface area contributed by atoms with Crippen molar-refractivity contribution in [2.24, 2.45) is 0 Å². The molecule has 0 spiro atoms. The monoisotopic (exact) mass is 920 g/mol. The van der Waals surface area contributed by atoms with Gasteiger partial charge in [0.2, 0.25) is 0 Å². The maximum Gasteiger partial charge on any atom is 0.0213 e. The molecular formula is C32H50Cl2Hf2Si2-6. The van der Waals surface area contributed by atoms with Gasteiger partial charge >= 0.3 is 0 Å². The van der Waals surface area contributed by atoms with E-state index in [2.05, 4.69) is 127 Å². The SMILES string of the molecule is CCC1=[C-]CC=C1.CCC1=[C-]CC=C1.CCC1=[C-]CC=C1.CCC1=[C-]CC=C1.C[SiH]C.C[SiH]C.[Cl-].[Cl-].[Hf].[Hf]. The van der Waals surface area contributed by atoms with E-state index in [0.29, 0.717) is 0 Å². The van der Waals surface area contributed by atoms with E-state index in [9.17, 15) is 0 Å². The molecule has 0 aromatic heterocycles. The van der Waals surface area contributed by atoms with Crippen LogP contribution in [0.25, 0.3) is 0 Å². The average molecular weight is 919 g/mol. The van der Waals surface area contributed by atoms with Gasteiger partial charge in [-0.2, -0.15) is 24.3 Å². The standard InChI is InChI=1S/4C7H9.2C2H7Si.2ClH.2Hf/c4*1-2-7-5-3-4-6-7;2*1-3-2;;;;/h4*3,5H,2,4H2,1H3;2*3H,1-2H3;2*1H;;/q4*-1;;;;;;/p-2. The summed E-state index contributed by atoms with van der Waals surface area (Å²) in [6, 6.07) is 0. The van der Waals surface area contributed by atoms with Gasteiger partial charge in [-0.1, -0.05) is 79.6 Å². The summed E-state index contributed by atoms with van der Waals surface area (Å²) in [7, 11) is 1.50. The van der Waals surface area contributed by atoms with Crippen molar-refractivity contribution in [2.75, 3.05) is 0 Å². The van der Waals surface area contributed by atoms with Gasteiger partial charge in [0.05, 0.1) is 0 Å². The summed E-state index contributed by atoms with van der Waals surface area (Å²) in [6.45, 7) is 17.4. The molecule has 0 atom stereocenters. The van der Waals surface area contributed by atoms with Gasteiger partial charge in [-0.3, -0.25) is 24.3 Å². The minimum absolute atomic E-state index is 0. The first kappa shape index (κ1) is 51.4. The third-order valence-corrected chi connectivity index (χ3v) is 4.59. The Balaban J connectivity index is -0.0000000814. The third-order valence-electron chi connectivity index (χ3n) is 4.59. The topological polar surface area (TPSA) is 0 Å². The van der Waals surface area contributed by atoms with Crippen LogP contribution in [-0.2, 0) is 51.7 Å². The molecule has 0 N–H and O–H groups in total. The zero-order valence-corrected chi connectivity index (χ0v) is 36.2. The van der Waals surface area contributed by atoms with Gasteiger partial charge in [-0.05, 0) is 0 Å². The molecule has 0 heterocycles. The molecule has 0 nitrogen and oxygen atoms in total. The van der Waals surface area contributed by atoms with Gasteiger partial charge < -0.3 is 24.8 Å². The Bertz CT molecular complexity index is 610. The molecule has 0 aromatic rings. The second-order valence-electron chi connectivity index (χ2n) is 7.80. The number of hydrogen-bond acceptors (Lipinski definition) is 0. The molecule has 0 aromatic carbocycles. The van der Waals surface area contributed by atoms with Crippen molar-refractivity contribution in [3.05, 3.63) is 95.2 Å². The fourth-order valence-corrected chi connectivity index (χ4v) is 2.77. The number of rotatable bonds is 4. The molecular weight excluding hydrogens is 868 g/mol. The van der Waals surface area contributed by atoms with Crippen molar-refractivity contribution < 1.29 is 76.5 Å². The summed E-state index contributed by atoms with van der Waals surface area (Å²) in [6.07, 6.45) is 38.6. The molecule has 4 rings (SSSR count). The van der Waals surface area contributed by atoms with Crippen molar-refractivity contribution >= 4 is 19.0 Å². The third kappa shape index (κ3) is 34.7. The van der Waals surface area contributed by atoms with Crippen LogP contribution in [0.4, 0.5) is 0 Å². The summed E-state index contributed by atoms with van der Waals surface area (Å²) >= 11 is 0. The first-order valence-electron chi connectivity index (χ1n) is 13.1. The van der Waals surface area contributed by atoms with Crippen molar-refractivity contribution in [3.63, 3.8) is 0 Å². The van der Waals surface area contributed by atoms with Crippen molar-refractivity contribution in [1.29, 1.82) is 0 Å². The molecule has 38 heavy (non-hydrogen) atoms. The van der Waals surface area contributed by atoms with Crippen LogP contribution >= 0.6 is 0 Å². The molecule has 2 radical (unpaired) electrons. The van der Waals surface area contributed by atoms with E-state index in [-0.39, 0.29) is 76.5 Å². The van der Waals surface area contributed by atoms with Crippen LogP contribution in [0.5, 0.6) is 0 Å². The second-order valence-corrected chi connectivity index (χ2v) is 10.1. The van der Waals surface area contributed by atoms with Crippen LogP contribution in [0.15, 0.2) is 70.9 Å². The Morgan fingerprint density at radius 3 is 0.684 bits per heavy atom. The fraction of sp³-hybridized carbons (Fsp3) is 0.500. The first-order valence-corrected chi connectivity index (χ1v) is 17.7. The minimum atomic E-state index is 0. The molecule has 0 bridgehead atoms. The molecule has 6 heteroatoms. The predicted molar refractivity (Wildman–Crippen MR) is 161 cm³/mol. The maximum absolute atomic E-state index is 3.21. The summed E-state index contributed by atoms with van der Waals surface area (Å²) in [5.41, 5.74) is 5.44. The predicted octanol–water partition coefficient (Wildman–Crippen LogP) is 3.38. The summed E-state index contributed by atoms with van der Waals surface area (Å²) in [4.78, 5) is 0. The Hall–Kier alpha value is 0.674. The van der Waals surface area contributed by atoms with Crippen molar-refractivity contribution in [3.8, 4) is 0 Å². The average Bonchev–Trinajstić information content (AvgIpc) is 3.70. The maximum atomic E-state index is 3.21. The Labute approximate surface area is 293 Å². The zero-order valence-electron chi connectivity index (χ0n) is 25.2. The Kier molecular flexibility index (Phi) is 57.0. The van der Waals surface area contributed by atoms with E-state index in [0.717, 1.165) is 70.4 Å². The van der Waals surface area contributed by atoms with Crippen LogP contribution < -0.4 is 24.8 Å². The zero-order chi connectivity index (χ0) is 25.9. The molecule has 0 saturated heterocycles. The van der Waals surface area contributed by atoms with Crippen LogP contribution in [-0.4, -0.2) is 19.0 Å². The Morgan fingerprint density at radius 2 is 0.632 bits per heavy atom. The number of halogens is 2. The van der Waals surface area contributed by atoms with Crippen LogP contribution in [0, 0.1) is 24.3 Å². The number of hydrogen-bond donors (Lipinski definition) is 0. The van der Waals surface area contributed by atoms with Crippen LogP contribution in [0.3, 0.4) is 0 Å². The van der Waals surface area contributed by atoms with Gasteiger partial charge in [-0.15, -0.1) is 25.7 Å². The number of allylic oxidation sites excluding steroid dienone is 16. The smallest absolute Gasteiger partial charge is 0.0213 e. The van der Waals surface area contributed by atoms with Gasteiger partial charge in [0.1, 0.15) is 0 Å². The normalized spacial score (nSPS) is 13.9. The van der Waals surface area contributed by atoms with Gasteiger partial charge in [0, 0.05) is 70.7 Å². The van der Waals surface area contributed by atoms with Crippen molar-refractivity contribution in [1.82, 2.24) is 0 Å². The van der Waals surface area contributed by atoms with Crippen LogP contribution in [0.2, 0.25) is 26.2 Å². The second kappa shape index (κ2) is 42.1. The van der Waals surface area contributed by atoms with E-state index in [1.807, 2.05) is 0 Å². The van der Waals surface area contributed by atoms with Crippen LogP contribution in [0.1, 0.15) is 79.1 Å². The van der Waals surface area contributed by atoms with E-state index in [1.54, 1.807) is 0 Å². The molecule has 4 aliphatic carbocycles. The summed E-state index contributed by atoms with van der Waals surface area (Å²) < 4.78 is 0. The van der Waals surface area contributed by atoms with E-state index < -0.39 is 0 Å². The van der Waals surface area contributed by atoms with E-state index >= 15 is 0 Å². The van der Waals surface area contributed by atoms with Crippen molar-refractivity contribution in [2.45, 2.75) is 105 Å². The first-order chi connectivity index (χ1) is 16.6. The van der Waals surface area contributed by atoms with E-state index in [1.165, 1.54) is 22.3 Å². The van der Waals surface area contributed by atoms with Gasteiger partial charge in [0.15, 0.2) is 0 Å². The summed E-state index contributed by atoms with van der Waals surface area (Å²) in [5.74, 6) is 0. The molecule has 0 saturated carbocycles. The quantitative estimate of drug-likeness (QED) is 0.300. The van der Waals surface area contributed by atoms with Gasteiger partial charge in [-0.25, -0.2) is 46.6 Å². The molecule has 0 aliphatic heterocycles. The molecule has 0 unspecified atom stereocenters. The Morgan fingerprint density at radius 1 is 0.474 bits per heavy atom.